The third-order valence-corrected chi connectivity index (χ3v) is 3.29. The molecule has 1 atom stereocenters. The van der Waals surface area contributed by atoms with Gasteiger partial charge in [0, 0.05) is 23.7 Å². The standard InChI is InChI=1S/C14H17ClN2O/c1-4-17(9-10(2)8-16)14(18)12-6-5-7-13(15)11(12)3/h5-7,10H,4,9H2,1-3H3. The largest absolute Gasteiger partial charge is 0.338 e. The Kier molecular flexibility index (Phi) is 5.18. The summed E-state index contributed by atoms with van der Waals surface area (Å²) in [5.41, 5.74) is 1.39. The lowest BCUT2D eigenvalue weighted by molar-refractivity contribution is 0.0752. The molecule has 0 radical (unpaired) electrons. The maximum absolute atomic E-state index is 12.4. The summed E-state index contributed by atoms with van der Waals surface area (Å²) in [4.78, 5) is 14.0. The van der Waals surface area contributed by atoms with Gasteiger partial charge in [0.2, 0.25) is 0 Å². The molecule has 1 amide bonds. The fourth-order valence-corrected chi connectivity index (χ4v) is 1.91. The number of halogens is 1. The summed E-state index contributed by atoms with van der Waals surface area (Å²) in [6.45, 7) is 6.56. The van der Waals surface area contributed by atoms with Crippen molar-refractivity contribution in [1.82, 2.24) is 4.90 Å². The summed E-state index contributed by atoms with van der Waals surface area (Å²) >= 11 is 6.02. The van der Waals surface area contributed by atoms with Crippen molar-refractivity contribution in [3.05, 3.63) is 34.3 Å². The SMILES string of the molecule is CCN(CC(C)C#N)C(=O)c1cccc(Cl)c1C. The Morgan fingerprint density at radius 3 is 2.78 bits per heavy atom. The van der Waals surface area contributed by atoms with Gasteiger partial charge in [-0.3, -0.25) is 4.79 Å². The molecular weight excluding hydrogens is 248 g/mol. The van der Waals surface area contributed by atoms with Crippen molar-refractivity contribution in [3.8, 4) is 6.07 Å². The van der Waals surface area contributed by atoms with Crippen molar-refractivity contribution in [2.75, 3.05) is 13.1 Å². The van der Waals surface area contributed by atoms with E-state index in [1.807, 2.05) is 13.8 Å². The van der Waals surface area contributed by atoms with Crippen molar-refractivity contribution in [2.24, 2.45) is 5.92 Å². The first-order valence-electron chi connectivity index (χ1n) is 5.95. The van der Waals surface area contributed by atoms with E-state index in [0.717, 1.165) is 5.56 Å². The van der Waals surface area contributed by atoms with Crippen molar-refractivity contribution in [3.63, 3.8) is 0 Å². The summed E-state index contributed by atoms with van der Waals surface area (Å²) in [7, 11) is 0. The number of carbonyl (C=O) groups excluding carboxylic acids is 1. The highest BCUT2D eigenvalue weighted by molar-refractivity contribution is 6.31. The highest BCUT2D eigenvalue weighted by atomic mass is 35.5. The minimum atomic E-state index is -0.173. The molecule has 0 spiro atoms. The van der Waals surface area contributed by atoms with Gasteiger partial charge in [-0.15, -0.1) is 0 Å². The first-order chi connectivity index (χ1) is 8.51. The minimum absolute atomic E-state index is 0.0698. The molecule has 0 fully saturated rings. The number of benzene rings is 1. The van der Waals surface area contributed by atoms with E-state index in [4.69, 9.17) is 16.9 Å². The molecule has 0 aliphatic carbocycles. The molecule has 0 saturated carbocycles. The average Bonchev–Trinajstić information content (AvgIpc) is 2.38. The zero-order chi connectivity index (χ0) is 13.7. The fraction of sp³-hybridized carbons (Fsp3) is 0.429. The zero-order valence-corrected chi connectivity index (χ0v) is 11.7. The van der Waals surface area contributed by atoms with Crippen LogP contribution in [0.1, 0.15) is 29.8 Å². The molecule has 1 unspecified atom stereocenters. The van der Waals surface area contributed by atoms with Gasteiger partial charge in [-0.25, -0.2) is 0 Å². The number of amides is 1. The molecule has 0 aromatic heterocycles. The van der Waals surface area contributed by atoms with E-state index in [2.05, 4.69) is 6.07 Å². The first kappa shape index (κ1) is 14.5. The maximum atomic E-state index is 12.4. The molecular formula is C14H17ClN2O. The Morgan fingerprint density at radius 1 is 1.56 bits per heavy atom. The normalized spacial score (nSPS) is 11.7. The van der Waals surface area contributed by atoms with Crippen LogP contribution in [0.25, 0.3) is 0 Å². The number of carbonyl (C=O) groups is 1. The van der Waals surface area contributed by atoms with Crippen LogP contribution in [0.5, 0.6) is 0 Å². The van der Waals surface area contributed by atoms with E-state index in [1.165, 1.54) is 0 Å². The highest BCUT2D eigenvalue weighted by Gasteiger charge is 2.18. The molecule has 0 aliphatic heterocycles. The second-order valence-corrected chi connectivity index (χ2v) is 4.69. The molecule has 96 valence electrons. The summed E-state index contributed by atoms with van der Waals surface area (Å²) in [5, 5.41) is 9.41. The van der Waals surface area contributed by atoms with Gasteiger partial charge in [-0.05, 0) is 38.5 Å². The molecule has 3 nitrogen and oxygen atoms in total. The summed E-state index contributed by atoms with van der Waals surface area (Å²) in [5.74, 6) is -0.243. The fourth-order valence-electron chi connectivity index (χ4n) is 1.74. The molecule has 0 heterocycles. The Balaban J connectivity index is 2.97. The van der Waals surface area contributed by atoms with Crippen LogP contribution in [0.4, 0.5) is 0 Å². The van der Waals surface area contributed by atoms with E-state index in [-0.39, 0.29) is 11.8 Å². The predicted octanol–water partition coefficient (Wildman–Crippen LogP) is 3.27. The molecule has 0 aliphatic rings. The van der Waals surface area contributed by atoms with Gasteiger partial charge in [0.15, 0.2) is 0 Å². The zero-order valence-electron chi connectivity index (χ0n) is 10.9. The van der Waals surface area contributed by atoms with Crippen LogP contribution in [0.2, 0.25) is 5.02 Å². The number of nitriles is 1. The minimum Gasteiger partial charge on any atom is -0.338 e. The molecule has 0 bridgehead atoms. The molecule has 1 aromatic rings. The molecule has 4 heteroatoms. The molecule has 0 N–H and O–H groups in total. The van der Waals surface area contributed by atoms with Crippen molar-refractivity contribution in [1.29, 1.82) is 5.26 Å². The van der Waals surface area contributed by atoms with Crippen molar-refractivity contribution >= 4 is 17.5 Å². The number of hydrogen-bond donors (Lipinski definition) is 0. The van der Waals surface area contributed by atoms with Gasteiger partial charge < -0.3 is 4.90 Å². The lowest BCUT2D eigenvalue weighted by atomic mass is 10.1. The van der Waals surface area contributed by atoms with Crippen LogP contribution in [-0.2, 0) is 0 Å². The number of rotatable bonds is 4. The van der Waals surface area contributed by atoms with E-state index in [9.17, 15) is 4.79 Å². The molecule has 1 rings (SSSR count). The van der Waals surface area contributed by atoms with Crippen LogP contribution >= 0.6 is 11.6 Å². The third kappa shape index (κ3) is 3.24. The quantitative estimate of drug-likeness (QED) is 0.838. The van der Waals surface area contributed by atoms with Crippen LogP contribution in [-0.4, -0.2) is 23.9 Å². The highest BCUT2D eigenvalue weighted by Crippen LogP contribution is 2.20. The van der Waals surface area contributed by atoms with Gasteiger partial charge in [-0.2, -0.15) is 5.26 Å². The monoisotopic (exact) mass is 264 g/mol. The smallest absolute Gasteiger partial charge is 0.254 e. The predicted molar refractivity (Wildman–Crippen MR) is 72.5 cm³/mol. The number of nitrogens with zero attached hydrogens (tertiary/aromatic N) is 2. The Bertz CT molecular complexity index is 479. The second-order valence-electron chi connectivity index (χ2n) is 4.29. The van der Waals surface area contributed by atoms with Gasteiger partial charge >= 0.3 is 0 Å². The van der Waals surface area contributed by atoms with Crippen molar-refractivity contribution in [2.45, 2.75) is 20.8 Å². The molecule has 0 saturated heterocycles. The van der Waals surface area contributed by atoms with E-state index >= 15 is 0 Å². The van der Waals surface area contributed by atoms with Gasteiger partial charge in [0.25, 0.3) is 5.91 Å². The van der Waals surface area contributed by atoms with Gasteiger partial charge in [-0.1, -0.05) is 17.7 Å². The van der Waals surface area contributed by atoms with Crippen molar-refractivity contribution < 1.29 is 4.79 Å². The van der Waals surface area contributed by atoms with Crippen LogP contribution in [0.15, 0.2) is 18.2 Å². The first-order valence-corrected chi connectivity index (χ1v) is 6.33. The number of hydrogen-bond acceptors (Lipinski definition) is 2. The molecule has 1 aromatic carbocycles. The van der Waals surface area contributed by atoms with Gasteiger partial charge in [0.1, 0.15) is 0 Å². The third-order valence-electron chi connectivity index (χ3n) is 2.88. The topological polar surface area (TPSA) is 44.1 Å². The van der Waals surface area contributed by atoms with Gasteiger partial charge in [0.05, 0.1) is 12.0 Å². The average molecular weight is 265 g/mol. The summed E-state index contributed by atoms with van der Waals surface area (Å²) < 4.78 is 0. The Morgan fingerprint density at radius 2 is 2.22 bits per heavy atom. The molecule has 18 heavy (non-hydrogen) atoms. The lowest BCUT2D eigenvalue weighted by Gasteiger charge is -2.23. The lowest BCUT2D eigenvalue weighted by Crippen LogP contribution is -2.34. The van der Waals surface area contributed by atoms with Crippen LogP contribution < -0.4 is 0 Å². The summed E-state index contributed by atoms with van der Waals surface area (Å²) in [6, 6.07) is 7.44. The van der Waals surface area contributed by atoms with E-state index < -0.39 is 0 Å². The van der Waals surface area contributed by atoms with E-state index in [1.54, 1.807) is 30.0 Å². The van der Waals surface area contributed by atoms with Crippen LogP contribution in [0, 0.1) is 24.2 Å². The Labute approximate surface area is 113 Å². The second kappa shape index (κ2) is 6.42. The summed E-state index contributed by atoms with van der Waals surface area (Å²) in [6.07, 6.45) is 0. The van der Waals surface area contributed by atoms with Crippen LogP contribution in [0.3, 0.4) is 0 Å². The maximum Gasteiger partial charge on any atom is 0.254 e. The Hall–Kier alpha value is -1.53. The van der Waals surface area contributed by atoms with E-state index in [0.29, 0.717) is 23.7 Å².